The molecule has 1 aromatic heterocycles. The van der Waals surface area contributed by atoms with E-state index in [9.17, 15) is 0 Å². The smallest absolute Gasteiger partial charge is 0.0754 e. The highest BCUT2D eigenvalue weighted by molar-refractivity contribution is 6.13. The Labute approximate surface area is 465 Å². The van der Waals surface area contributed by atoms with E-state index in [1.54, 1.807) is 0 Å². The first-order chi connectivity index (χ1) is 39.7. The number of para-hydroxylation sites is 3. The molecule has 1 aliphatic heterocycles. The van der Waals surface area contributed by atoms with E-state index in [0.717, 1.165) is 17.1 Å². The van der Waals surface area contributed by atoms with Gasteiger partial charge < -0.3 is 9.47 Å². The van der Waals surface area contributed by atoms with Gasteiger partial charge in [-0.05, 0) is 137 Å². The largest absolute Gasteiger partial charge is 0.310 e. The summed E-state index contributed by atoms with van der Waals surface area (Å²) in [7, 11) is 0. The Kier molecular flexibility index (Phi) is 9.58. The van der Waals surface area contributed by atoms with E-state index in [-0.39, 0.29) is 0 Å². The van der Waals surface area contributed by atoms with Gasteiger partial charge in [0, 0.05) is 27.7 Å². The third-order valence-electron chi connectivity index (χ3n) is 18.1. The molecule has 372 valence electrons. The van der Waals surface area contributed by atoms with Gasteiger partial charge in [0.2, 0.25) is 0 Å². The summed E-state index contributed by atoms with van der Waals surface area (Å²) in [6.45, 7) is 0. The first-order valence-electron chi connectivity index (χ1n) is 27.9. The Hall–Kier alpha value is -10.3. The van der Waals surface area contributed by atoms with Gasteiger partial charge >= 0.3 is 0 Å². The molecular weight excluding hydrogens is 965 g/mol. The van der Waals surface area contributed by atoms with Crippen molar-refractivity contribution in [1.29, 1.82) is 0 Å². The molecular formula is C78H50N2. The molecule has 0 N–H and O–H groups in total. The van der Waals surface area contributed by atoms with Gasteiger partial charge in [-0.15, -0.1) is 0 Å². The van der Waals surface area contributed by atoms with E-state index in [0.29, 0.717) is 0 Å². The second-order valence-electron chi connectivity index (χ2n) is 21.8. The molecule has 0 saturated carbocycles. The summed E-state index contributed by atoms with van der Waals surface area (Å²) in [6, 6.07) is 114. The molecule has 80 heavy (non-hydrogen) atoms. The SMILES string of the molecule is c1ccc(C2(c3ccccc3)c3ccccc3-c3c(N(c4ccc(-c5cccc6c5-c5ccccc5C65c6ccccc6-n6c7ccccc7c7cccc5c76)cc4)c4ccc(-c5cccc6ccccc56)cc4)cccc32)cc1. The maximum Gasteiger partial charge on any atom is 0.0754 e. The molecule has 13 aromatic carbocycles. The third kappa shape index (κ3) is 5.97. The van der Waals surface area contributed by atoms with E-state index < -0.39 is 10.8 Å². The predicted molar refractivity (Wildman–Crippen MR) is 332 cm³/mol. The zero-order chi connectivity index (χ0) is 52.5. The standard InChI is InChI=1S/C78H50N2/c1-3-23-54(24-4-1)77(55-25-5-2-6-26-55)65-34-12-10-30-64(65)75-69(77)38-20-42-73(75)79(56-47-43-52(44-48-56)59-31-17-22-51-21-7-8-27-58(51)59)57-49-45-53(46-50-57)60-32-18-37-68-74(60)63-29-9-13-35-66(63)78(68)67-36-14-16-41-72(67)80-71-40-15-11-28-61(71)62-33-19-39-70(78)76(62)80/h1-50H. The molecule has 1 unspecified atom stereocenters. The lowest BCUT2D eigenvalue weighted by Gasteiger charge is -2.39. The van der Waals surface area contributed by atoms with Crippen molar-refractivity contribution < 1.29 is 0 Å². The van der Waals surface area contributed by atoms with E-state index >= 15 is 0 Å². The highest BCUT2D eigenvalue weighted by Crippen LogP contribution is 2.63. The number of aromatic nitrogens is 1. The minimum Gasteiger partial charge on any atom is -0.310 e. The number of anilines is 3. The normalized spacial score (nSPS) is 14.9. The van der Waals surface area contributed by atoms with Gasteiger partial charge in [0.25, 0.3) is 0 Å². The maximum atomic E-state index is 2.52. The quantitative estimate of drug-likeness (QED) is 0.154. The van der Waals surface area contributed by atoms with Crippen molar-refractivity contribution in [3.05, 3.63) is 348 Å². The van der Waals surface area contributed by atoms with E-state index in [1.165, 1.54) is 127 Å². The third-order valence-corrected chi connectivity index (χ3v) is 18.1. The fourth-order valence-electron chi connectivity index (χ4n) is 15.0. The summed E-state index contributed by atoms with van der Waals surface area (Å²) in [5, 5.41) is 5.06. The summed E-state index contributed by atoms with van der Waals surface area (Å²) in [6.07, 6.45) is 0. The molecule has 2 aliphatic carbocycles. The van der Waals surface area contributed by atoms with Crippen molar-refractivity contribution in [2.75, 3.05) is 4.90 Å². The lowest BCUT2D eigenvalue weighted by molar-refractivity contribution is 0.748. The minimum atomic E-state index is -0.541. The molecule has 0 fully saturated rings. The van der Waals surface area contributed by atoms with E-state index in [4.69, 9.17) is 0 Å². The minimum absolute atomic E-state index is 0.532. The van der Waals surface area contributed by atoms with Crippen LogP contribution in [0, 0.1) is 0 Å². The molecule has 17 rings (SSSR count). The van der Waals surface area contributed by atoms with Crippen LogP contribution in [0.3, 0.4) is 0 Å². The highest BCUT2D eigenvalue weighted by Gasteiger charge is 2.52. The fourth-order valence-corrected chi connectivity index (χ4v) is 15.0. The van der Waals surface area contributed by atoms with Crippen molar-refractivity contribution in [3.8, 4) is 50.2 Å². The highest BCUT2D eigenvalue weighted by atomic mass is 15.1. The first-order valence-corrected chi connectivity index (χ1v) is 27.9. The van der Waals surface area contributed by atoms with Crippen molar-refractivity contribution in [3.63, 3.8) is 0 Å². The second-order valence-corrected chi connectivity index (χ2v) is 21.8. The van der Waals surface area contributed by atoms with Gasteiger partial charge in [0.1, 0.15) is 0 Å². The Bertz CT molecular complexity index is 4770. The molecule has 2 heteroatoms. The molecule has 0 bridgehead atoms. The first kappa shape index (κ1) is 44.8. The molecule has 3 aliphatic rings. The molecule has 0 amide bonds. The van der Waals surface area contributed by atoms with Crippen LogP contribution in [0.1, 0.15) is 44.5 Å². The lowest BCUT2D eigenvalue weighted by atomic mass is 9.65. The molecule has 0 radical (unpaired) electrons. The zero-order valence-electron chi connectivity index (χ0n) is 43.8. The average Bonchev–Trinajstić information content (AvgIpc) is 4.31. The summed E-state index contributed by atoms with van der Waals surface area (Å²) in [5.74, 6) is 0. The molecule has 1 spiro atoms. The van der Waals surface area contributed by atoms with Gasteiger partial charge in [-0.1, -0.05) is 261 Å². The van der Waals surface area contributed by atoms with E-state index in [1.807, 2.05) is 0 Å². The number of nitrogens with zero attached hydrogens (tertiary/aromatic N) is 2. The van der Waals surface area contributed by atoms with Crippen LogP contribution >= 0.6 is 0 Å². The zero-order valence-corrected chi connectivity index (χ0v) is 43.8. The van der Waals surface area contributed by atoms with Crippen LogP contribution in [0.2, 0.25) is 0 Å². The van der Waals surface area contributed by atoms with Crippen LogP contribution in [0.15, 0.2) is 303 Å². The summed E-state index contributed by atoms with van der Waals surface area (Å²) in [4.78, 5) is 2.50. The molecule has 1 atom stereocenters. The van der Waals surface area contributed by atoms with Crippen LogP contribution in [-0.2, 0) is 10.8 Å². The summed E-state index contributed by atoms with van der Waals surface area (Å²) < 4.78 is 2.52. The Morgan fingerprint density at radius 3 is 1.46 bits per heavy atom. The van der Waals surface area contributed by atoms with Gasteiger partial charge in [0.15, 0.2) is 0 Å². The Morgan fingerprint density at radius 2 is 0.738 bits per heavy atom. The number of hydrogen-bond acceptors (Lipinski definition) is 1. The lowest BCUT2D eigenvalue weighted by Crippen LogP contribution is -2.33. The van der Waals surface area contributed by atoms with Crippen LogP contribution in [0.5, 0.6) is 0 Å². The topological polar surface area (TPSA) is 8.17 Å². The van der Waals surface area contributed by atoms with Crippen LogP contribution < -0.4 is 4.90 Å². The van der Waals surface area contributed by atoms with Crippen molar-refractivity contribution in [1.82, 2.24) is 4.57 Å². The van der Waals surface area contributed by atoms with Crippen molar-refractivity contribution in [2.24, 2.45) is 0 Å². The van der Waals surface area contributed by atoms with Gasteiger partial charge in [-0.2, -0.15) is 0 Å². The Morgan fingerprint density at radius 1 is 0.275 bits per heavy atom. The van der Waals surface area contributed by atoms with Gasteiger partial charge in [0.05, 0.1) is 33.2 Å². The number of benzene rings is 13. The van der Waals surface area contributed by atoms with Crippen molar-refractivity contribution in [2.45, 2.75) is 10.8 Å². The molecule has 2 nitrogen and oxygen atoms in total. The number of hydrogen-bond donors (Lipinski definition) is 0. The van der Waals surface area contributed by atoms with Crippen LogP contribution in [0.25, 0.3) is 82.8 Å². The number of fused-ring (bicyclic) bond motifs is 16. The van der Waals surface area contributed by atoms with E-state index in [2.05, 4.69) is 313 Å². The summed E-state index contributed by atoms with van der Waals surface area (Å²) >= 11 is 0. The number of rotatable bonds is 7. The average molecular weight is 1020 g/mol. The van der Waals surface area contributed by atoms with Crippen LogP contribution in [-0.4, -0.2) is 4.57 Å². The van der Waals surface area contributed by atoms with Gasteiger partial charge in [-0.25, -0.2) is 0 Å². The summed E-state index contributed by atoms with van der Waals surface area (Å²) in [5.41, 5.74) is 26.2. The maximum absolute atomic E-state index is 2.52. The van der Waals surface area contributed by atoms with Gasteiger partial charge in [-0.3, -0.25) is 0 Å². The predicted octanol–water partition coefficient (Wildman–Crippen LogP) is 19.8. The Balaban J connectivity index is 0.870. The molecule has 2 heterocycles. The fraction of sp³-hybridized carbons (Fsp3) is 0.0256. The van der Waals surface area contributed by atoms with Crippen molar-refractivity contribution >= 4 is 49.6 Å². The monoisotopic (exact) mass is 1010 g/mol. The second kappa shape index (κ2) is 17.1. The molecule has 14 aromatic rings. The molecule has 0 saturated heterocycles. The van der Waals surface area contributed by atoms with Crippen LogP contribution in [0.4, 0.5) is 17.1 Å².